The second-order valence-corrected chi connectivity index (χ2v) is 9.67. The van der Waals surface area contributed by atoms with Crippen LogP contribution in [0.4, 0.5) is 5.69 Å². The average molecular weight is 418 g/mol. The van der Waals surface area contributed by atoms with E-state index in [1.165, 1.54) is 21.5 Å². The average Bonchev–Trinajstić information content (AvgIpc) is 3.30. The Labute approximate surface area is 170 Å². The van der Waals surface area contributed by atoms with Crippen molar-refractivity contribution in [1.82, 2.24) is 20.2 Å². The first kappa shape index (κ1) is 18.5. The number of hydrogen-bond acceptors (Lipinski definition) is 7. The summed E-state index contributed by atoms with van der Waals surface area (Å²) >= 11 is 4.90. The quantitative estimate of drug-likeness (QED) is 0.589. The standard InChI is InChI=1S/C18H19N5OS3/c1-13-8-9-22(15-6-2-3-7-16(15)27-13)17(24)12-26-18-19-20-21-23(18)11-14-5-4-10-25-14/h2-7,10,13H,8-9,11-12H2,1H3/t13-/m1/s1. The van der Waals surface area contributed by atoms with Gasteiger partial charge < -0.3 is 4.90 Å². The van der Waals surface area contributed by atoms with Crippen LogP contribution in [0.15, 0.2) is 51.8 Å². The summed E-state index contributed by atoms with van der Waals surface area (Å²) in [5.41, 5.74) is 1.01. The molecule has 1 atom stereocenters. The minimum absolute atomic E-state index is 0.0906. The van der Waals surface area contributed by atoms with Crippen molar-refractivity contribution in [2.24, 2.45) is 0 Å². The maximum Gasteiger partial charge on any atom is 0.237 e. The van der Waals surface area contributed by atoms with E-state index in [1.54, 1.807) is 16.0 Å². The maximum absolute atomic E-state index is 13.0. The van der Waals surface area contributed by atoms with Crippen LogP contribution in [-0.2, 0) is 11.3 Å². The minimum atomic E-state index is 0.0906. The SMILES string of the molecule is C[C@@H]1CCN(C(=O)CSc2nnnn2Cc2cccs2)c2ccccc2S1. The highest BCUT2D eigenvalue weighted by molar-refractivity contribution is 8.00. The summed E-state index contributed by atoms with van der Waals surface area (Å²) in [5.74, 6) is 0.408. The maximum atomic E-state index is 13.0. The van der Waals surface area contributed by atoms with Crippen LogP contribution in [0, 0.1) is 0 Å². The molecule has 0 unspecified atom stereocenters. The summed E-state index contributed by atoms with van der Waals surface area (Å²) in [4.78, 5) is 17.2. The highest BCUT2D eigenvalue weighted by atomic mass is 32.2. The van der Waals surface area contributed by atoms with E-state index in [9.17, 15) is 4.79 Å². The summed E-state index contributed by atoms with van der Waals surface area (Å²) in [6, 6.07) is 12.2. The first-order chi connectivity index (χ1) is 13.2. The zero-order valence-electron chi connectivity index (χ0n) is 14.8. The van der Waals surface area contributed by atoms with E-state index >= 15 is 0 Å². The van der Waals surface area contributed by atoms with Gasteiger partial charge in [-0.2, -0.15) is 0 Å². The van der Waals surface area contributed by atoms with Crippen molar-refractivity contribution < 1.29 is 4.79 Å². The van der Waals surface area contributed by atoms with E-state index in [0.717, 1.165) is 18.7 Å². The number of hydrogen-bond donors (Lipinski definition) is 0. The van der Waals surface area contributed by atoms with Gasteiger partial charge in [-0.25, -0.2) is 4.68 Å². The topological polar surface area (TPSA) is 63.9 Å². The molecule has 6 nitrogen and oxygen atoms in total. The van der Waals surface area contributed by atoms with Crippen LogP contribution in [0.1, 0.15) is 18.2 Å². The second kappa shape index (κ2) is 8.45. The molecule has 0 saturated carbocycles. The van der Waals surface area contributed by atoms with Gasteiger partial charge in [0.15, 0.2) is 0 Å². The van der Waals surface area contributed by atoms with Crippen molar-refractivity contribution in [3.63, 3.8) is 0 Å². The highest BCUT2D eigenvalue weighted by Gasteiger charge is 2.24. The number of nitrogens with zero attached hydrogens (tertiary/aromatic N) is 5. The van der Waals surface area contributed by atoms with Crippen LogP contribution in [0.2, 0.25) is 0 Å². The van der Waals surface area contributed by atoms with E-state index in [4.69, 9.17) is 0 Å². The van der Waals surface area contributed by atoms with Crippen molar-refractivity contribution in [3.8, 4) is 0 Å². The number of para-hydroxylation sites is 1. The number of aromatic nitrogens is 4. The molecule has 0 aliphatic carbocycles. The minimum Gasteiger partial charge on any atom is -0.311 e. The third kappa shape index (κ3) is 4.36. The molecule has 1 amide bonds. The van der Waals surface area contributed by atoms with Gasteiger partial charge in [0, 0.05) is 21.6 Å². The summed E-state index contributed by atoms with van der Waals surface area (Å²) in [6.45, 7) is 3.58. The molecule has 9 heteroatoms. The van der Waals surface area contributed by atoms with Gasteiger partial charge in [-0.15, -0.1) is 28.2 Å². The number of fused-ring (bicyclic) bond motifs is 1. The number of tetrazole rings is 1. The third-order valence-electron chi connectivity index (χ3n) is 4.25. The molecule has 3 aromatic rings. The Morgan fingerprint density at radius 1 is 1.30 bits per heavy atom. The molecule has 1 aliphatic rings. The summed E-state index contributed by atoms with van der Waals surface area (Å²) in [7, 11) is 0. The number of benzene rings is 1. The van der Waals surface area contributed by atoms with Gasteiger partial charge in [0.05, 0.1) is 18.0 Å². The lowest BCUT2D eigenvalue weighted by atomic mass is 10.2. The summed E-state index contributed by atoms with van der Waals surface area (Å²) in [5, 5.41) is 15.1. The lowest BCUT2D eigenvalue weighted by Gasteiger charge is -2.22. The van der Waals surface area contributed by atoms with Crippen molar-refractivity contribution in [2.45, 2.75) is 35.2 Å². The molecule has 2 aromatic heterocycles. The number of rotatable bonds is 5. The van der Waals surface area contributed by atoms with E-state index in [-0.39, 0.29) is 5.91 Å². The number of anilines is 1. The monoisotopic (exact) mass is 417 g/mol. The van der Waals surface area contributed by atoms with Crippen LogP contribution in [0.3, 0.4) is 0 Å². The lowest BCUT2D eigenvalue weighted by Crippen LogP contribution is -2.33. The Hall–Kier alpha value is -1.84. The number of carbonyl (C=O) groups is 1. The highest BCUT2D eigenvalue weighted by Crippen LogP contribution is 2.37. The molecule has 0 bridgehead atoms. The predicted octanol–water partition coefficient (Wildman–Crippen LogP) is 3.79. The molecule has 140 valence electrons. The third-order valence-corrected chi connectivity index (χ3v) is 7.29. The smallest absolute Gasteiger partial charge is 0.237 e. The van der Waals surface area contributed by atoms with Gasteiger partial charge in [0.25, 0.3) is 0 Å². The molecule has 3 heterocycles. The largest absolute Gasteiger partial charge is 0.311 e. The Morgan fingerprint density at radius 3 is 3.04 bits per heavy atom. The van der Waals surface area contributed by atoms with Gasteiger partial charge in [0.2, 0.25) is 11.1 Å². The van der Waals surface area contributed by atoms with Crippen LogP contribution in [-0.4, -0.2) is 43.7 Å². The lowest BCUT2D eigenvalue weighted by molar-refractivity contribution is -0.116. The van der Waals surface area contributed by atoms with Gasteiger partial charge in [-0.1, -0.05) is 36.9 Å². The van der Waals surface area contributed by atoms with Gasteiger partial charge in [-0.3, -0.25) is 4.79 Å². The number of amides is 1. The molecule has 27 heavy (non-hydrogen) atoms. The Kier molecular flexibility index (Phi) is 5.80. The molecule has 0 radical (unpaired) electrons. The fraction of sp³-hybridized carbons (Fsp3) is 0.333. The molecule has 1 aliphatic heterocycles. The first-order valence-electron chi connectivity index (χ1n) is 8.68. The Morgan fingerprint density at radius 2 is 2.19 bits per heavy atom. The zero-order valence-corrected chi connectivity index (χ0v) is 17.3. The second-order valence-electron chi connectivity index (χ2n) is 6.22. The molecule has 0 spiro atoms. The Balaban J connectivity index is 1.45. The van der Waals surface area contributed by atoms with Crippen LogP contribution in [0.5, 0.6) is 0 Å². The van der Waals surface area contributed by atoms with Crippen molar-refractivity contribution in [3.05, 3.63) is 46.7 Å². The van der Waals surface area contributed by atoms with E-state index in [1.807, 2.05) is 46.3 Å². The summed E-state index contributed by atoms with van der Waals surface area (Å²) < 4.78 is 1.75. The van der Waals surface area contributed by atoms with Gasteiger partial charge in [-0.05, 0) is 40.4 Å². The van der Waals surface area contributed by atoms with Crippen molar-refractivity contribution in [1.29, 1.82) is 0 Å². The van der Waals surface area contributed by atoms with E-state index in [0.29, 0.717) is 22.7 Å². The zero-order chi connectivity index (χ0) is 18.6. The molecular formula is C18H19N5OS3. The number of thioether (sulfide) groups is 2. The molecule has 0 fully saturated rings. The molecular weight excluding hydrogens is 398 g/mol. The van der Waals surface area contributed by atoms with E-state index in [2.05, 4.69) is 34.6 Å². The Bertz CT molecular complexity index is 911. The van der Waals surface area contributed by atoms with Crippen molar-refractivity contribution >= 4 is 46.5 Å². The molecule has 0 saturated heterocycles. The van der Waals surface area contributed by atoms with Gasteiger partial charge >= 0.3 is 0 Å². The molecule has 0 N–H and O–H groups in total. The van der Waals surface area contributed by atoms with Crippen molar-refractivity contribution in [2.75, 3.05) is 17.2 Å². The van der Waals surface area contributed by atoms with Crippen LogP contribution < -0.4 is 4.90 Å². The molecule has 1 aromatic carbocycles. The fourth-order valence-electron chi connectivity index (χ4n) is 2.90. The fourth-order valence-corrected chi connectivity index (χ4v) is 5.45. The number of carbonyl (C=O) groups excluding carboxylic acids is 1. The normalized spacial score (nSPS) is 16.8. The summed E-state index contributed by atoms with van der Waals surface area (Å²) in [6.07, 6.45) is 0.978. The van der Waals surface area contributed by atoms with E-state index < -0.39 is 0 Å². The molecule has 4 rings (SSSR count). The first-order valence-corrected chi connectivity index (χ1v) is 11.4. The predicted molar refractivity (Wildman–Crippen MR) is 111 cm³/mol. The number of thiophene rings is 1. The van der Waals surface area contributed by atoms with Gasteiger partial charge in [0.1, 0.15) is 0 Å². The van der Waals surface area contributed by atoms with Crippen LogP contribution >= 0.6 is 34.9 Å². The van der Waals surface area contributed by atoms with Crippen LogP contribution in [0.25, 0.3) is 0 Å².